The van der Waals surface area contributed by atoms with E-state index in [2.05, 4.69) is 163 Å². The first-order chi connectivity index (χ1) is 19.1. The van der Waals surface area contributed by atoms with Crippen LogP contribution in [0.3, 0.4) is 0 Å². The van der Waals surface area contributed by atoms with E-state index in [1.54, 1.807) is 0 Å². The van der Waals surface area contributed by atoms with E-state index in [-0.39, 0.29) is 11.0 Å². The van der Waals surface area contributed by atoms with Crippen molar-refractivity contribution in [1.29, 1.82) is 0 Å². The molecule has 5 aromatic rings. The van der Waals surface area contributed by atoms with E-state index in [4.69, 9.17) is 0 Å². The summed E-state index contributed by atoms with van der Waals surface area (Å²) in [5, 5.41) is 0. The van der Waals surface area contributed by atoms with Crippen molar-refractivity contribution in [1.82, 2.24) is 0 Å². The molecule has 1 aliphatic carbocycles. The molecule has 40 heavy (non-hydrogen) atoms. The third-order valence-electron chi connectivity index (χ3n) is 8.59. The summed E-state index contributed by atoms with van der Waals surface area (Å²) in [6.07, 6.45) is 0. The Morgan fingerprint density at radius 1 is 0.500 bits per heavy atom. The van der Waals surface area contributed by atoms with Gasteiger partial charge in [-0.15, -0.1) is 0 Å². The van der Waals surface area contributed by atoms with Gasteiger partial charge in [-0.25, -0.2) is 0 Å². The van der Waals surface area contributed by atoms with Crippen LogP contribution in [-0.4, -0.2) is 5.54 Å². The average Bonchev–Trinajstić information content (AvgIpc) is 3.15. The summed E-state index contributed by atoms with van der Waals surface area (Å²) < 4.78 is 0. The van der Waals surface area contributed by atoms with Gasteiger partial charge in [0.25, 0.3) is 0 Å². The molecule has 0 bridgehead atoms. The number of benzene rings is 5. The fraction of sp³-hybridized carbons (Fsp3) is 0.231. The quantitative estimate of drug-likeness (QED) is 0.227. The first kappa shape index (κ1) is 26.1. The standard InChI is InChI=1S/C39H39N/c1-26-21-22-29(28-15-9-8-10-16-28)24-37(26)40(38(3,4)5)36-20-14-12-18-31(36)32-25-33-30-17-11-13-19-34(30)39(6,7)35(33)23-27(32)2/h8-25H,1-7H3. The van der Waals surface area contributed by atoms with Crippen LogP contribution < -0.4 is 4.90 Å². The number of hydrogen-bond donors (Lipinski definition) is 0. The minimum atomic E-state index is -0.143. The Morgan fingerprint density at radius 2 is 1.15 bits per heavy atom. The molecule has 0 aliphatic heterocycles. The molecule has 200 valence electrons. The summed E-state index contributed by atoms with van der Waals surface area (Å²) in [5.74, 6) is 0. The van der Waals surface area contributed by atoms with Crippen molar-refractivity contribution in [3.63, 3.8) is 0 Å². The zero-order valence-corrected chi connectivity index (χ0v) is 24.8. The molecule has 0 aromatic heterocycles. The van der Waals surface area contributed by atoms with Crippen molar-refractivity contribution in [2.75, 3.05) is 4.90 Å². The highest BCUT2D eigenvalue weighted by Gasteiger charge is 2.36. The van der Waals surface area contributed by atoms with Gasteiger partial charge in [-0.1, -0.05) is 105 Å². The van der Waals surface area contributed by atoms with Gasteiger partial charge in [-0.3, -0.25) is 0 Å². The summed E-state index contributed by atoms with van der Waals surface area (Å²) in [7, 11) is 0. The van der Waals surface area contributed by atoms with Crippen molar-refractivity contribution in [3.8, 4) is 33.4 Å². The third-order valence-corrected chi connectivity index (χ3v) is 8.59. The summed E-state index contributed by atoms with van der Waals surface area (Å²) in [5.41, 5.74) is 15.5. The molecule has 5 aromatic carbocycles. The monoisotopic (exact) mass is 521 g/mol. The molecule has 0 N–H and O–H groups in total. The maximum absolute atomic E-state index is 2.54. The van der Waals surface area contributed by atoms with Crippen LogP contribution in [0.4, 0.5) is 11.4 Å². The van der Waals surface area contributed by atoms with Crippen LogP contribution in [0.2, 0.25) is 0 Å². The van der Waals surface area contributed by atoms with Crippen molar-refractivity contribution in [3.05, 3.63) is 131 Å². The molecule has 0 amide bonds. The fourth-order valence-corrected chi connectivity index (χ4v) is 6.56. The lowest BCUT2D eigenvalue weighted by Crippen LogP contribution is -2.38. The minimum absolute atomic E-state index is 0.00116. The molecule has 0 spiro atoms. The number of rotatable bonds is 4. The van der Waals surface area contributed by atoms with Crippen LogP contribution in [0.1, 0.15) is 56.9 Å². The maximum Gasteiger partial charge on any atom is 0.0495 e. The van der Waals surface area contributed by atoms with Gasteiger partial charge >= 0.3 is 0 Å². The summed E-state index contributed by atoms with van der Waals surface area (Å²) in [4.78, 5) is 2.54. The van der Waals surface area contributed by atoms with Gasteiger partial charge in [0.05, 0.1) is 0 Å². The largest absolute Gasteiger partial charge is 0.335 e. The molecular weight excluding hydrogens is 482 g/mol. The molecule has 0 atom stereocenters. The molecule has 0 fully saturated rings. The predicted molar refractivity (Wildman–Crippen MR) is 173 cm³/mol. The highest BCUT2D eigenvalue weighted by molar-refractivity contribution is 5.91. The molecular formula is C39H39N. The molecule has 1 nitrogen and oxygen atoms in total. The third kappa shape index (κ3) is 4.25. The van der Waals surface area contributed by atoms with Crippen LogP contribution in [0, 0.1) is 13.8 Å². The van der Waals surface area contributed by atoms with Crippen molar-refractivity contribution in [2.45, 2.75) is 59.4 Å². The average molecular weight is 522 g/mol. The Bertz CT molecular complexity index is 1720. The second kappa shape index (κ2) is 9.52. The van der Waals surface area contributed by atoms with E-state index in [9.17, 15) is 0 Å². The van der Waals surface area contributed by atoms with Crippen LogP contribution in [0.5, 0.6) is 0 Å². The molecule has 0 saturated heterocycles. The van der Waals surface area contributed by atoms with E-state index in [0.29, 0.717) is 0 Å². The zero-order valence-electron chi connectivity index (χ0n) is 24.8. The Kier molecular flexibility index (Phi) is 6.22. The van der Waals surface area contributed by atoms with E-state index >= 15 is 0 Å². The molecule has 0 unspecified atom stereocenters. The normalized spacial score (nSPS) is 13.6. The van der Waals surface area contributed by atoms with Crippen molar-refractivity contribution >= 4 is 11.4 Å². The van der Waals surface area contributed by atoms with E-state index in [1.165, 1.54) is 67.0 Å². The van der Waals surface area contributed by atoms with Gasteiger partial charge in [0.2, 0.25) is 0 Å². The van der Waals surface area contributed by atoms with E-state index in [0.717, 1.165) is 0 Å². The van der Waals surface area contributed by atoms with Gasteiger partial charge in [-0.2, -0.15) is 0 Å². The number of anilines is 2. The SMILES string of the molecule is Cc1cc2c(cc1-c1ccccc1N(c1cc(-c3ccccc3)ccc1C)C(C)(C)C)-c1ccccc1C2(C)C. The van der Waals surface area contributed by atoms with Crippen LogP contribution in [0.25, 0.3) is 33.4 Å². The summed E-state index contributed by atoms with van der Waals surface area (Å²) in [6.45, 7) is 16.1. The molecule has 0 radical (unpaired) electrons. The lowest BCUT2D eigenvalue weighted by atomic mass is 9.81. The fourth-order valence-electron chi connectivity index (χ4n) is 6.56. The van der Waals surface area contributed by atoms with Gasteiger partial charge < -0.3 is 4.90 Å². The molecule has 0 saturated carbocycles. The Balaban J connectivity index is 1.56. The van der Waals surface area contributed by atoms with Crippen molar-refractivity contribution in [2.24, 2.45) is 0 Å². The number of para-hydroxylation sites is 1. The highest BCUT2D eigenvalue weighted by atomic mass is 15.2. The van der Waals surface area contributed by atoms with Crippen LogP contribution in [0.15, 0.2) is 109 Å². The Morgan fingerprint density at radius 3 is 1.88 bits per heavy atom. The van der Waals surface area contributed by atoms with Gasteiger partial charge in [0.1, 0.15) is 0 Å². The van der Waals surface area contributed by atoms with Gasteiger partial charge in [0.15, 0.2) is 0 Å². The van der Waals surface area contributed by atoms with Gasteiger partial charge in [0, 0.05) is 27.9 Å². The number of nitrogens with zero attached hydrogens (tertiary/aromatic N) is 1. The van der Waals surface area contributed by atoms with E-state index < -0.39 is 0 Å². The first-order valence-corrected chi connectivity index (χ1v) is 14.4. The lowest BCUT2D eigenvalue weighted by molar-refractivity contribution is 0.560. The Hall–Kier alpha value is -4.10. The second-order valence-corrected chi connectivity index (χ2v) is 12.8. The topological polar surface area (TPSA) is 3.24 Å². The van der Waals surface area contributed by atoms with E-state index in [1.807, 2.05) is 0 Å². The van der Waals surface area contributed by atoms with Crippen LogP contribution in [-0.2, 0) is 5.41 Å². The number of fused-ring (bicyclic) bond motifs is 3. The smallest absolute Gasteiger partial charge is 0.0495 e. The van der Waals surface area contributed by atoms with Crippen LogP contribution >= 0.6 is 0 Å². The molecule has 0 heterocycles. The zero-order chi connectivity index (χ0) is 28.2. The molecule has 6 rings (SSSR count). The highest BCUT2D eigenvalue weighted by Crippen LogP contribution is 2.51. The predicted octanol–water partition coefficient (Wildman–Crippen LogP) is 10.9. The molecule has 1 aliphatic rings. The van der Waals surface area contributed by atoms with Gasteiger partial charge in [-0.05, 0) is 103 Å². The van der Waals surface area contributed by atoms with Crippen molar-refractivity contribution < 1.29 is 0 Å². The second-order valence-electron chi connectivity index (χ2n) is 12.8. The maximum atomic E-state index is 2.54. The number of hydrogen-bond acceptors (Lipinski definition) is 1. The lowest BCUT2D eigenvalue weighted by Gasteiger charge is -2.40. The summed E-state index contributed by atoms with van der Waals surface area (Å²) >= 11 is 0. The minimum Gasteiger partial charge on any atom is -0.335 e. The summed E-state index contributed by atoms with van der Waals surface area (Å²) in [6, 6.07) is 40.3. The molecule has 1 heteroatoms. The first-order valence-electron chi connectivity index (χ1n) is 14.4. The Labute approximate surface area is 240 Å². The number of aryl methyl sites for hydroxylation is 2.